The average Bonchev–Trinajstić information content (AvgIpc) is 2.47. The van der Waals surface area contributed by atoms with Crippen molar-refractivity contribution in [2.75, 3.05) is 6.26 Å². The number of thioether (sulfide) groups is 1. The molecule has 1 amide bonds. The van der Waals surface area contributed by atoms with Crippen molar-refractivity contribution in [1.82, 2.24) is 5.32 Å². The van der Waals surface area contributed by atoms with Crippen LogP contribution in [0, 0.1) is 0 Å². The molecule has 0 heterocycles. The molecule has 2 nitrogen and oxygen atoms in total. The fourth-order valence-corrected chi connectivity index (χ4v) is 2.78. The maximum absolute atomic E-state index is 11.0. The first-order chi connectivity index (χ1) is 10.1. The van der Waals surface area contributed by atoms with E-state index < -0.39 is 0 Å². The van der Waals surface area contributed by atoms with Crippen molar-refractivity contribution in [2.45, 2.75) is 31.2 Å². The van der Waals surface area contributed by atoms with Gasteiger partial charge in [0.2, 0.25) is 5.91 Å². The fraction of sp³-hybridized carbons (Fsp3) is 0.278. The first-order valence-electron chi connectivity index (χ1n) is 7.09. The van der Waals surface area contributed by atoms with Gasteiger partial charge in [0, 0.05) is 17.9 Å². The molecule has 0 spiro atoms. The van der Waals surface area contributed by atoms with E-state index in [2.05, 4.69) is 60.1 Å². The second-order valence-electron chi connectivity index (χ2n) is 5.23. The molecule has 0 saturated carbocycles. The number of hydrogen-bond donors (Lipinski definition) is 1. The van der Waals surface area contributed by atoms with Crippen LogP contribution in [0.1, 0.15) is 19.4 Å². The molecule has 1 unspecified atom stereocenters. The predicted octanol–water partition coefficient (Wildman–Crippen LogP) is 4.14. The van der Waals surface area contributed by atoms with E-state index in [9.17, 15) is 4.79 Å². The number of amides is 1. The number of benzene rings is 2. The molecule has 0 bridgehead atoms. The molecule has 0 radical (unpaired) electrons. The Morgan fingerprint density at radius 3 is 2.05 bits per heavy atom. The Balaban J connectivity index is 2.05. The van der Waals surface area contributed by atoms with Crippen LogP contribution in [0.5, 0.6) is 0 Å². The van der Waals surface area contributed by atoms with Crippen molar-refractivity contribution in [3.63, 3.8) is 0 Å². The van der Waals surface area contributed by atoms with Crippen LogP contribution in [-0.2, 0) is 11.2 Å². The summed E-state index contributed by atoms with van der Waals surface area (Å²) in [6.45, 7) is 3.58. The quantitative estimate of drug-likeness (QED) is 0.841. The summed E-state index contributed by atoms with van der Waals surface area (Å²) in [4.78, 5) is 12.3. The summed E-state index contributed by atoms with van der Waals surface area (Å²) in [6, 6.07) is 17.3. The molecule has 2 aromatic carbocycles. The lowest BCUT2D eigenvalue weighted by Gasteiger charge is -2.12. The zero-order valence-corrected chi connectivity index (χ0v) is 13.5. The molecule has 0 aliphatic rings. The van der Waals surface area contributed by atoms with Crippen LogP contribution in [0.3, 0.4) is 0 Å². The molecule has 2 rings (SSSR count). The minimum absolute atomic E-state index is 0.0213. The summed E-state index contributed by atoms with van der Waals surface area (Å²) in [5, 5.41) is 2.91. The van der Waals surface area contributed by atoms with Crippen LogP contribution in [-0.4, -0.2) is 18.2 Å². The summed E-state index contributed by atoms with van der Waals surface area (Å²) in [5.74, 6) is 0.0213. The van der Waals surface area contributed by atoms with Gasteiger partial charge < -0.3 is 5.32 Å². The Morgan fingerprint density at radius 2 is 1.57 bits per heavy atom. The largest absolute Gasteiger partial charge is 0.354 e. The Labute approximate surface area is 131 Å². The molecule has 0 aliphatic heterocycles. The monoisotopic (exact) mass is 299 g/mol. The highest BCUT2D eigenvalue weighted by molar-refractivity contribution is 7.98. The van der Waals surface area contributed by atoms with Gasteiger partial charge in [0.05, 0.1) is 0 Å². The molecule has 0 fully saturated rings. The van der Waals surface area contributed by atoms with Gasteiger partial charge in [0.25, 0.3) is 0 Å². The second kappa shape index (κ2) is 7.32. The smallest absolute Gasteiger partial charge is 0.217 e. The standard InChI is InChI=1S/C18H21NOS/c1-13(19-14(2)20)12-15-4-6-16(7-5-15)17-8-10-18(21-3)11-9-17/h4-11,13H,12H2,1-3H3,(H,19,20). The van der Waals surface area contributed by atoms with Gasteiger partial charge in [-0.15, -0.1) is 11.8 Å². The van der Waals surface area contributed by atoms with Gasteiger partial charge in [-0.3, -0.25) is 4.79 Å². The summed E-state index contributed by atoms with van der Waals surface area (Å²) < 4.78 is 0. The van der Waals surface area contributed by atoms with E-state index in [4.69, 9.17) is 0 Å². The molecule has 110 valence electrons. The fourth-order valence-electron chi connectivity index (χ4n) is 2.37. The Bertz CT molecular complexity index is 590. The third-order valence-corrected chi connectivity index (χ3v) is 4.11. The molecule has 0 aliphatic carbocycles. The molecule has 1 N–H and O–H groups in total. The molecule has 0 aromatic heterocycles. The first kappa shape index (κ1) is 15.6. The highest BCUT2D eigenvalue weighted by Crippen LogP contribution is 2.23. The van der Waals surface area contributed by atoms with E-state index in [0.717, 1.165) is 6.42 Å². The third-order valence-electron chi connectivity index (χ3n) is 3.37. The average molecular weight is 299 g/mol. The van der Waals surface area contributed by atoms with Crippen molar-refractivity contribution in [3.8, 4) is 11.1 Å². The van der Waals surface area contributed by atoms with E-state index >= 15 is 0 Å². The summed E-state index contributed by atoms with van der Waals surface area (Å²) >= 11 is 1.75. The lowest BCUT2D eigenvalue weighted by molar-refractivity contribution is -0.119. The van der Waals surface area contributed by atoms with Crippen molar-refractivity contribution in [1.29, 1.82) is 0 Å². The molecule has 1 atom stereocenters. The van der Waals surface area contributed by atoms with Gasteiger partial charge in [-0.05, 0) is 48.4 Å². The van der Waals surface area contributed by atoms with Gasteiger partial charge >= 0.3 is 0 Å². The number of rotatable bonds is 5. The van der Waals surface area contributed by atoms with Crippen LogP contribution in [0.4, 0.5) is 0 Å². The van der Waals surface area contributed by atoms with Gasteiger partial charge in [-0.25, -0.2) is 0 Å². The summed E-state index contributed by atoms with van der Waals surface area (Å²) in [5.41, 5.74) is 3.69. The van der Waals surface area contributed by atoms with E-state index in [1.807, 2.05) is 6.92 Å². The van der Waals surface area contributed by atoms with Crippen molar-refractivity contribution < 1.29 is 4.79 Å². The van der Waals surface area contributed by atoms with Crippen molar-refractivity contribution in [3.05, 3.63) is 54.1 Å². The highest BCUT2D eigenvalue weighted by atomic mass is 32.2. The Kier molecular flexibility index (Phi) is 5.45. The lowest BCUT2D eigenvalue weighted by atomic mass is 10.0. The minimum Gasteiger partial charge on any atom is -0.354 e. The minimum atomic E-state index is 0.0213. The molecule has 0 saturated heterocycles. The predicted molar refractivity (Wildman–Crippen MR) is 90.6 cm³/mol. The van der Waals surface area contributed by atoms with E-state index in [1.165, 1.54) is 21.6 Å². The lowest BCUT2D eigenvalue weighted by Crippen LogP contribution is -2.31. The molecular formula is C18H21NOS. The van der Waals surface area contributed by atoms with Crippen molar-refractivity contribution in [2.24, 2.45) is 0 Å². The van der Waals surface area contributed by atoms with E-state index in [0.29, 0.717) is 0 Å². The molecule has 21 heavy (non-hydrogen) atoms. The topological polar surface area (TPSA) is 29.1 Å². The van der Waals surface area contributed by atoms with Crippen LogP contribution < -0.4 is 5.32 Å². The summed E-state index contributed by atoms with van der Waals surface area (Å²) in [7, 11) is 0. The van der Waals surface area contributed by atoms with Crippen molar-refractivity contribution >= 4 is 17.7 Å². The molecule has 2 aromatic rings. The Hall–Kier alpha value is -1.74. The Morgan fingerprint density at radius 1 is 1.05 bits per heavy atom. The maximum Gasteiger partial charge on any atom is 0.217 e. The maximum atomic E-state index is 11.0. The highest BCUT2D eigenvalue weighted by Gasteiger charge is 2.05. The summed E-state index contributed by atoms with van der Waals surface area (Å²) in [6.07, 6.45) is 2.94. The van der Waals surface area contributed by atoms with E-state index in [1.54, 1.807) is 18.7 Å². The zero-order chi connectivity index (χ0) is 15.2. The second-order valence-corrected chi connectivity index (χ2v) is 6.11. The number of hydrogen-bond acceptors (Lipinski definition) is 2. The van der Waals surface area contributed by atoms with Gasteiger partial charge in [-0.2, -0.15) is 0 Å². The SMILES string of the molecule is CSc1ccc(-c2ccc(CC(C)NC(C)=O)cc2)cc1. The van der Waals surface area contributed by atoms with Crippen LogP contribution in [0.25, 0.3) is 11.1 Å². The van der Waals surface area contributed by atoms with Gasteiger partial charge in [0.15, 0.2) is 0 Å². The van der Waals surface area contributed by atoms with E-state index in [-0.39, 0.29) is 11.9 Å². The number of nitrogens with one attached hydrogen (secondary N) is 1. The number of carbonyl (C=O) groups is 1. The first-order valence-corrected chi connectivity index (χ1v) is 8.31. The molecular weight excluding hydrogens is 278 g/mol. The number of carbonyl (C=O) groups excluding carboxylic acids is 1. The molecule has 3 heteroatoms. The third kappa shape index (κ3) is 4.64. The van der Waals surface area contributed by atoms with Crippen LogP contribution in [0.2, 0.25) is 0 Å². The van der Waals surface area contributed by atoms with Crippen LogP contribution >= 0.6 is 11.8 Å². The zero-order valence-electron chi connectivity index (χ0n) is 12.7. The van der Waals surface area contributed by atoms with Crippen LogP contribution in [0.15, 0.2) is 53.4 Å². The van der Waals surface area contributed by atoms with Gasteiger partial charge in [0.1, 0.15) is 0 Å². The van der Waals surface area contributed by atoms with Gasteiger partial charge in [-0.1, -0.05) is 36.4 Å². The normalized spacial score (nSPS) is 12.0.